The molecular formula is C10H16N2S. The van der Waals surface area contributed by atoms with E-state index in [1.54, 1.807) is 11.3 Å². The van der Waals surface area contributed by atoms with Crippen molar-refractivity contribution in [2.24, 2.45) is 0 Å². The maximum absolute atomic E-state index is 4.10. The van der Waals surface area contributed by atoms with Crippen molar-refractivity contribution >= 4 is 11.3 Å². The average Bonchev–Trinajstić information content (AvgIpc) is 2.49. The van der Waals surface area contributed by atoms with Crippen molar-refractivity contribution in [3.63, 3.8) is 0 Å². The van der Waals surface area contributed by atoms with Gasteiger partial charge in [0.15, 0.2) is 0 Å². The van der Waals surface area contributed by atoms with Crippen LogP contribution in [0.4, 0.5) is 0 Å². The maximum Gasteiger partial charge on any atom is 0.0794 e. The summed E-state index contributed by atoms with van der Waals surface area (Å²) in [4.78, 5) is 8.06. The molecule has 0 unspecified atom stereocenters. The predicted octanol–water partition coefficient (Wildman–Crippen LogP) is 2.52. The van der Waals surface area contributed by atoms with Gasteiger partial charge in [0.25, 0.3) is 0 Å². The van der Waals surface area contributed by atoms with Crippen LogP contribution >= 0.6 is 11.3 Å². The summed E-state index contributed by atoms with van der Waals surface area (Å²) in [5.74, 6) is 0. The lowest BCUT2D eigenvalue weighted by Gasteiger charge is -2.17. The molecule has 1 aliphatic heterocycles. The van der Waals surface area contributed by atoms with Crippen LogP contribution in [0, 0.1) is 0 Å². The SMILES string of the molecule is c1ncc(CN2CCCCCC2)s1. The Bertz CT molecular complexity index is 225. The molecule has 1 aromatic heterocycles. The minimum atomic E-state index is 1.12. The van der Waals surface area contributed by atoms with E-state index in [0.29, 0.717) is 0 Å². The highest BCUT2D eigenvalue weighted by molar-refractivity contribution is 7.09. The largest absolute Gasteiger partial charge is 0.298 e. The number of hydrogen-bond acceptors (Lipinski definition) is 3. The Morgan fingerprint density at radius 3 is 2.62 bits per heavy atom. The van der Waals surface area contributed by atoms with Gasteiger partial charge in [0, 0.05) is 17.6 Å². The van der Waals surface area contributed by atoms with Crippen LogP contribution in [0.3, 0.4) is 0 Å². The third kappa shape index (κ3) is 2.78. The smallest absolute Gasteiger partial charge is 0.0794 e. The highest BCUT2D eigenvalue weighted by Crippen LogP contribution is 2.14. The maximum atomic E-state index is 4.10. The molecule has 0 atom stereocenters. The fraction of sp³-hybridized carbons (Fsp3) is 0.700. The summed E-state index contributed by atoms with van der Waals surface area (Å²) < 4.78 is 0. The van der Waals surface area contributed by atoms with Crippen molar-refractivity contribution in [1.82, 2.24) is 9.88 Å². The van der Waals surface area contributed by atoms with Crippen LogP contribution in [0.1, 0.15) is 30.6 Å². The number of hydrogen-bond donors (Lipinski definition) is 0. The Morgan fingerprint density at radius 2 is 2.00 bits per heavy atom. The summed E-state index contributed by atoms with van der Waals surface area (Å²) in [5.41, 5.74) is 1.92. The summed E-state index contributed by atoms with van der Waals surface area (Å²) in [6.45, 7) is 3.67. The molecular weight excluding hydrogens is 180 g/mol. The van der Waals surface area contributed by atoms with Gasteiger partial charge in [-0.25, -0.2) is 0 Å². The standard InChI is InChI=1S/C10H16N2S/c1-2-4-6-12(5-3-1)8-10-7-11-9-13-10/h7,9H,1-6,8H2. The molecule has 0 aliphatic carbocycles. The number of rotatable bonds is 2. The number of likely N-dealkylation sites (tertiary alicyclic amines) is 1. The molecule has 1 aromatic rings. The Kier molecular flexibility index (Phi) is 3.33. The average molecular weight is 196 g/mol. The van der Waals surface area contributed by atoms with Gasteiger partial charge in [-0.1, -0.05) is 12.8 Å². The normalized spacial score (nSPS) is 20.0. The number of thiazole rings is 1. The summed E-state index contributed by atoms with van der Waals surface area (Å²) in [6.07, 6.45) is 7.57. The quantitative estimate of drug-likeness (QED) is 0.722. The first-order valence-corrected chi connectivity index (χ1v) is 5.93. The van der Waals surface area contributed by atoms with Crippen molar-refractivity contribution in [3.05, 3.63) is 16.6 Å². The lowest BCUT2D eigenvalue weighted by Crippen LogP contribution is -2.23. The van der Waals surface area contributed by atoms with E-state index in [1.165, 1.54) is 43.6 Å². The summed E-state index contributed by atoms with van der Waals surface area (Å²) in [6, 6.07) is 0. The second kappa shape index (κ2) is 4.72. The van der Waals surface area contributed by atoms with Crippen LogP contribution in [-0.2, 0) is 6.54 Å². The molecule has 0 bridgehead atoms. The van der Waals surface area contributed by atoms with E-state index < -0.39 is 0 Å². The Morgan fingerprint density at radius 1 is 1.23 bits per heavy atom. The molecule has 1 aliphatic rings. The van der Waals surface area contributed by atoms with E-state index in [1.807, 2.05) is 11.7 Å². The monoisotopic (exact) mass is 196 g/mol. The highest BCUT2D eigenvalue weighted by Gasteiger charge is 2.09. The molecule has 0 aromatic carbocycles. The predicted molar refractivity (Wildman–Crippen MR) is 55.9 cm³/mol. The van der Waals surface area contributed by atoms with Crippen molar-refractivity contribution < 1.29 is 0 Å². The molecule has 1 saturated heterocycles. The molecule has 0 N–H and O–H groups in total. The van der Waals surface area contributed by atoms with Crippen LogP contribution in [-0.4, -0.2) is 23.0 Å². The fourth-order valence-electron chi connectivity index (χ4n) is 1.83. The number of aromatic nitrogens is 1. The lowest BCUT2D eigenvalue weighted by molar-refractivity contribution is 0.279. The van der Waals surface area contributed by atoms with E-state index in [0.717, 1.165) is 6.54 Å². The minimum Gasteiger partial charge on any atom is -0.298 e. The van der Waals surface area contributed by atoms with Gasteiger partial charge in [-0.15, -0.1) is 11.3 Å². The third-order valence-electron chi connectivity index (χ3n) is 2.56. The van der Waals surface area contributed by atoms with Crippen molar-refractivity contribution in [2.45, 2.75) is 32.2 Å². The molecule has 1 fully saturated rings. The molecule has 13 heavy (non-hydrogen) atoms. The van der Waals surface area contributed by atoms with Crippen LogP contribution in [0.25, 0.3) is 0 Å². The van der Waals surface area contributed by atoms with Gasteiger partial charge in [0.2, 0.25) is 0 Å². The molecule has 72 valence electrons. The molecule has 3 heteroatoms. The van der Waals surface area contributed by atoms with E-state index in [-0.39, 0.29) is 0 Å². The molecule has 0 saturated carbocycles. The summed E-state index contributed by atoms with van der Waals surface area (Å²) >= 11 is 1.77. The summed E-state index contributed by atoms with van der Waals surface area (Å²) in [7, 11) is 0. The molecule has 2 heterocycles. The van der Waals surface area contributed by atoms with Crippen LogP contribution in [0.5, 0.6) is 0 Å². The first-order chi connectivity index (χ1) is 6.45. The highest BCUT2D eigenvalue weighted by atomic mass is 32.1. The zero-order valence-corrected chi connectivity index (χ0v) is 8.72. The summed E-state index contributed by atoms with van der Waals surface area (Å²) in [5, 5.41) is 0. The Hall–Kier alpha value is -0.410. The second-order valence-electron chi connectivity index (χ2n) is 3.66. The Labute approximate surface area is 83.6 Å². The van der Waals surface area contributed by atoms with Crippen molar-refractivity contribution in [2.75, 3.05) is 13.1 Å². The zero-order chi connectivity index (χ0) is 8.93. The first kappa shape index (κ1) is 9.16. The molecule has 2 nitrogen and oxygen atoms in total. The molecule has 0 spiro atoms. The van der Waals surface area contributed by atoms with Gasteiger partial charge in [-0.05, 0) is 25.9 Å². The van der Waals surface area contributed by atoms with Gasteiger partial charge >= 0.3 is 0 Å². The zero-order valence-electron chi connectivity index (χ0n) is 7.91. The van der Waals surface area contributed by atoms with Gasteiger partial charge in [-0.2, -0.15) is 0 Å². The molecule has 0 amide bonds. The Balaban J connectivity index is 1.86. The van der Waals surface area contributed by atoms with E-state index in [9.17, 15) is 0 Å². The van der Waals surface area contributed by atoms with E-state index in [4.69, 9.17) is 0 Å². The van der Waals surface area contributed by atoms with Crippen molar-refractivity contribution in [1.29, 1.82) is 0 Å². The van der Waals surface area contributed by atoms with Crippen LogP contribution < -0.4 is 0 Å². The third-order valence-corrected chi connectivity index (χ3v) is 3.33. The minimum absolute atomic E-state index is 1.12. The first-order valence-electron chi connectivity index (χ1n) is 5.05. The fourth-order valence-corrected chi connectivity index (χ4v) is 2.47. The van der Waals surface area contributed by atoms with Gasteiger partial charge in [0.05, 0.1) is 5.51 Å². The van der Waals surface area contributed by atoms with Gasteiger partial charge in [0.1, 0.15) is 0 Å². The molecule has 2 rings (SSSR count). The van der Waals surface area contributed by atoms with Crippen LogP contribution in [0.2, 0.25) is 0 Å². The van der Waals surface area contributed by atoms with E-state index in [2.05, 4.69) is 9.88 Å². The van der Waals surface area contributed by atoms with E-state index >= 15 is 0 Å². The van der Waals surface area contributed by atoms with Crippen molar-refractivity contribution in [3.8, 4) is 0 Å². The topological polar surface area (TPSA) is 16.1 Å². The van der Waals surface area contributed by atoms with Gasteiger partial charge < -0.3 is 0 Å². The molecule has 0 radical (unpaired) electrons. The second-order valence-corrected chi connectivity index (χ2v) is 4.63. The lowest BCUT2D eigenvalue weighted by atomic mass is 10.2. The number of nitrogens with zero attached hydrogens (tertiary/aromatic N) is 2. The van der Waals surface area contributed by atoms with Crippen LogP contribution in [0.15, 0.2) is 11.7 Å². The van der Waals surface area contributed by atoms with Gasteiger partial charge in [-0.3, -0.25) is 9.88 Å².